The van der Waals surface area contributed by atoms with Gasteiger partial charge < -0.3 is 14.2 Å². The van der Waals surface area contributed by atoms with Gasteiger partial charge in [0.05, 0.1) is 17.6 Å². The minimum absolute atomic E-state index is 0.0115. The van der Waals surface area contributed by atoms with Crippen molar-refractivity contribution < 1.29 is 13.6 Å². The van der Waals surface area contributed by atoms with Gasteiger partial charge in [-0.2, -0.15) is 5.26 Å². The highest BCUT2D eigenvalue weighted by Crippen LogP contribution is 2.27. The van der Waals surface area contributed by atoms with Crippen LogP contribution in [0.4, 0.5) is 0 Å². The first kappa shape index (κ1) is 17.1. The van der Waals surface area contributed by atoms with Crippen LogP contribution in [0.1, 0.15) is 27.7 Å². The van der Waals surface area contributed by atoms with E-state index in [9.17, 15) is 10.1 Å². The van der Waals surface area contributed by atoms with E-state index in [1.807, 2.05) is 13.8 Å². The van der Waals surface area contributed by atoms with Crippen molar-refractivity contribution in [2.24, 2.45) is 5.92 Å². The Bertz CT molecular complexity index is 705. The average Bonchev–Trinajstić information content (AvgIpc) is 3.17. The number of nitrogens with one attached hydrogen (secondary N) is 1. The topological polar surface area (TPSA) is 105 Å². The highest BCUT2D eigenvalue weighted by Gasteiger charge is 2.32. The number of hydrogen-bond donors (Lipinski definition) is 1. The Morgan fingerprint density at radius 3 is 2.74 bits per heavy atom. The molecular weight excluding hydrogens is 316 g/mol. The van der Waals surface area contributed by atoms with Crippen molar-refractivity contribution in [2.45, 2.75) is 43.7 Å². The van der Waals surface area contributed by atoms with Gasteiger partial charge in [-0.3, -0.25) is 4.79 Å². The third kappa shape index (κ3) is 3.93. The SMILES string of the molecule is CC(Sc1nnc(-c2ccco2)o1)C(=O)NC(C)(C#N)C(C)C. The van der Waals surface area contributed by atoms with Crippen LogP contribution in [0.2, 0.25) is 0 Å². The molecule has 1 amide bonds. The highest BCUT2D eigenvalue weighted by atomic mass is 32.2. The highest BCUT2D eigenvalue weighted by molar-refractivity contribution is 8.00. The maximum Gasteiger partial charge on any atom is 0.284 e. The van der Waals surface area contributed by atoms with E-state index in [0.717, 1.165) is 11.8 Å². The molecule has 2 rings (SSSR count). The number of aromatic nitrogens is 2. The van der Waals surface area contributed by atoms with Crippen molar-refractivity contribution in [2.75, 3.05) is 0 Å². The average molecular weight is 334 g/mol. The fraction of sp³-hybridized carbons (Fsp3) is 0.467. The smallest absolute Gasteiger partial charge is 0.284 e. The fourth-order valence-electron chi connectivity index (χ4n) is 1.62. The Balaban J connectivity index is 2.00. The molecule has 2 unspecified atom stereocenters. The second-order valence-electron chi connectivity index (χ2n) is 5.57. The summed E-state index contributed by atoms with van der Waals surface area (Å²) >= 11 is 1.13. The lowest BCUT2D eigenvalue weighted by Crippen LogP contribution is -2.51. The molecule has 0 radical (unpaired) electrons. The van der Waals surface area contributed by atoms with Crippen LogP contribution in [0.15, 0.2) is 32.5 Å². The third-order valence-electron chi connectivity index (χ3n) is 3.56. The zero-order chi connectivity index (χ0) is 17.0. The number of carbonyl (C=O) groups is 1. The van der Waals surface area contributed by atoms with Crippen LogP contribution in [-0.4, -0.2) is 26.9 Å². The van der Waals surface area contributed by atoms with Crippen molar-refractivity contribution in [3.63, 3.8) is 0 Å². The van der Waals surface area contributed by atoms with Crippen LogP contribution in [0.25, 0.3) is 11.7 Å². The van der Waals surface area contributed by atoms with Gasteiger partial charge in [-0.15, -0.1) is 10.2 Å². The molecule has 0 fully saturated rings. The molecule has 7 nitrogen and oxygen atoms in total. The lowest BCUT2D eigenvalue weighted by Gasteiger charge is -2.28. The molecule has 8 heteroatoms. The van der Waals surface area contributed by atoms with Crippen LogP contribution in [0.3, 0.4) is 0 Å². The van der Waals surface area contributed by atoms with Crippen LogP contribution in [0, 0.1) is 17.2 Å². The van der Waals surface area contributed by atoms with E-state index >= 15 is 0 Å². The number of amides is 1. The maximum atomic E-state index is 12.3. The number of nitriles is 1. The molecule has 2 heterocycles. The van der Waals surface area contributed by atoms with Crippen molar-refractivity contribution in [3.05, 3.63) is 18.4 Å². The van der Waals surface area contributed by atoms with Gasteiger partial charge in [0, 0.05) is 0 Å². The zero-order valence-electron chi connectivity index (χ0n) is 13.4. The van der Waals surface area contributed by atoms with Crippen LogP contribution in [-0.2, 0) is 4.79 Å². The molecule has 2 aromatic rings. The molecule has 0 spiro atoms. The first-order valence-electron chi connectivity index (χ1n) is 7.13. The third-order valence-corrected chi connectivity index (χ3v) is 4.49. The van der Waals surface area contributed by atoms with Gasteiger partial charge in [-0.05, 0) is 31.9 Å². The summed E-state index contributed by atoms with van der Waals surface area (Å²) in [7, 11) is 0. The summed E-state index contributed by atoms with van der Waals surface area (Å²) in [5.74, 6) is 0.459. The summed E-state index contributed by atoms with van der Waals surface area (Å²) in [4.78, 5) is 12.3. The van der Waals surface area contributed by atoms with E-state index in [1.165, 1.54) is 6.26 Å². The van der Waals surface area contributed by atoms with Gasteiger partial charge >= 0.3 is 0 Å². The lowest BCUT2D eigenvalue weighted by atomic mass is 9.90. The van der Waals surface area contributed by atoms with Crippen molar-refractivity contribution >= 4 is 17.7 Å². The van der Waals surface area contributed by atoms with Gasteiger partial charge in [-0.25, -0.2) is 0 Å². The second-order valence-corrected chi connectivity index (χ2v) is 6.86. The van der Waals surface area contributed by atoms with Gasteiger partial charge in [0.15, 0.2) is 5.76 Å². The Morgan fingerprint density at radius 1 is 1.43 bits per heavy atom. The number of hydrogen-bond acceptors (Lipinski definition) is 7. The molecule has 0 aromatic carbocycles. The Morgan fingerprint density at radius 2 is 2.17 bits per heavy atom. The fourth-order valence-corrected chi connectivity index (χ4v) is 2.30. The van der Waals surface area contributed by atoms with E-state index in [4.69, 9.17) is 8.83 Å². The predicted molar refractivity (Wildman–Crippen MR) is 84.3 cm³/mol. The number of nitrogens with zero attached hydrogens (tertiary/aromatic N) is 3. The standard InChI is InChI=1S/C15H18N4O3S/c1-9(2)15(4,8-16)17-12(20)10(3)23-14-19-18-13(22-14)11-6-5-7-21-11/h5-7,9-10H,1-4H3,(H,17,20). The van der Waals surface area contributed by atoms with E-state index in [0.29, 0.717) is 5.76 Å². The minimum atomic E-state index is -0.917. The molecule has 122 valence electrons. The second kappa shape index (κ2) is 6.87. The summed E-state index contributed by atoms with van der Waals surface area (Å²) in [6.07, 6.45) is 1.51. The summed E-state index contributed by atoms with van der Waals surface area (Å²) in [5.41, 5.74) is -0.917. The molecule has 0 aliphatic rings. The molecule has 0 saturated heterocycles. The van der Waals surface area contributed by atoms with Crippen molar-refractivity contribution in [3.8, 4) is 17.7 Å². The summed E-state index contributed by atoms with van der Waals surface area (Å²) < 4.78 is 10.6. The largest absolute Gasteiger partial charge is 0.459 e. The van der Waals surface area contributed by atoms with Gasteiger partial charge in [0.25, 0.3) is 11.1 Å². The number of furan rings is 1. The first-order valence-corrected chi connectivity index (χ1v) is 8.01. The van der Waals surface area contributed by atoms with Crippen LogP contribution in [0.5, 0.6) is 0 Å². The monoisotopic (exact) mass is 334 g/mol. The zero-order valence-corrected chi connectivity index (χ0v) is 14.2. The summed E-state index contributed by atoms with van der Waals surface area (Å²) in [6.45, 7) is 7.19. The Labute approximate surface area is 138 Å². The number of thioether (sulfide) groups is 1. The first-order chi connectivity index (χ1) is 10.9. The predicted octanol–water partition coefficient (Wildman–Crippen LogP) is 2.86. The Kier molecular flexibility index (Phi) is 5.11. The summed E-state index contributed by atoms with van der Waals surface area (Å²) in [5, 5.41) is 19.6. The van der Waals surface area contributed by atoms with E-state index < -0.39 is 10.8 Å². The molecule has 2 atom stereocenters. The van der Waals surface area contributed by atoms with Crippen LogP contribution < -0.4 is 5.32 Å². The molecular formula is C15H18N4O3S. The molecule has 2 aromatic heterocycles. The quantitative estimate of drug-likeness (QED) is 0.810. The molecule has 23 heavy (non-hydrogen) atoms. The molecule has 0 saturated carbocycles. The van der Waals surface area contributed by atoms with Gasteiger partial charge in [0.2, 0.25) is 5.91 Å². The molecule has 0 aliphatic carbocycles. The van der Waals surface area contributed by atoms with E-state index in [1.54, 1.807) is 26.0 Å². The van der Waals surface area contributed by atoms with Gasteiger partial charge in [0.1, 0.15) is 5.54 Å². The van der Waals surface area contributed by atoms with E-state index in [2.05, 4.69) is 21.6 Å². The molecule has 1 N–H and O–H groups in total. The number of rotatable bonds is 6. The number of carbonyl (C=O) groups excluding carboxylic acids is 1. The van der Waals surface area contributed by atoms with Gasteiger partial charge in [-0.1, -0.05) is 25.6 Å². The van der Waals surface area contributed by atoms with Crippen molar-refractivity contribution in [1.82, 2.24) is 15.5 Å². The minimum Gasteiger partial charge on any atom is -0.459 e. The lowest BCUT2D eigenvalue weighted by molar-refractivity contribution is -0.121. The summed E-state index contributed by atoms with van der Waals surface area (Å²) in [6, 6.07) is 5.57. The van der Waals surface area contributed by atoms with Crippen LogP contribution >= 0.6 is 11.8 Å². The molecule has 0 aliphatic heterocycles. The van der Waals surface area contributed by atoms with Crippen molar-refractivity contribution in [1.29, 1.82) is 5.26 Å². The van der Waals surface area contributed by atoms with E-state index in [-0.39, 0.29) is 22.9 Å². The molecule has 0 bridgehead atoms. The maximum absolute atomic E-state index is 12.3. The Hall–Kier alpha value is -2.27. The normalized spacial score (nSPS) is 15.0.